The fourth-order valence-corrected chi connectivity index (χ4v) is 1.57. The van der Waals surface area contributed by atoms with E-state index in [2.05, 4.69) is 0 Å². The third-order valence-electron chi connectivity index (χ3n) is 1.85. The summed E-state index contributed by atoms with van der Waals surface area (Å²) >= 11 is 6.03. The lowest BCUT2D eigenvalue weighted by Crippen LogP contribution is -2.17. The summed E-state index contributed by atoms with van der Waals surface area (Å²) < 4.78 is 5.33. The SMILES string of the molecule is CCOc1ccc(CC(C)N)cc1Cl. The first kappa shape index (κ1) is 11.3. The molecule has 1 rings (SSSR count). The second kappa shape index (κ2) is 5.23. The highest BCUT2D eigenvalue weighted by atomic mass is 35.5. The first-order valence-electron chi connectivity index (χ1n) is 4.80. The van der Waals surface area contributed by atoms with Gasteiger partial charge >= 0.3 is 0 Å². The molecular formula is C11H16ClNO. The predicted molar refractivity (Wildman–Crippen MR) is 60.0 cm³/mol. The summed E-state index contributed by atoms with van der Waals surface area (Å²) in [4.78, 5) is 0. The van der Waals surface area contributed by atoms with E-state index in [1.807, 2.05) is 32.0 Å². The van der Waals surface area contributed by atoms with E-state index in [1.165, 1.54) is 0 Å². The Bertz CT molecular complexity index is 299. The van der Waals surface area contributed by atoms with Gasteiger partial charge in [0.15, 0.2) is 0 Å². The van der Waals surface area contributed by atoms with Crippen LogP contribution in [0.15, 0.2) is 18.2 Å². The maximum absolute atomic E-state index is 6.03. The van der Waals surface area contributed by atoms with Crippen LogP contribution in [-0.4, -0.2) is 12.6 Å². The van der Waals surface area contributed by atoms with Crippen molar-refractivity contribution in [3.05, 3.63) is 28.8 Å². The summed E-state index contributed by atoms with van der Waals surface area (Å²) in [6.45, 7) is 4.54. The standard InChI is InChI=1S/C11H16ClNO/c1-3-14-11-5-4-9(6-8(2)13)7-10(11)12/h4-5,7-8H,3,6,13H2,1-2H3. The van der Waals surface area contributed by atoms with Gasteiger partial charge in [0.05, 0.1) is 11.6 Å². The minimum atomic E-state index is 0.156. The van der Waals surface area contributed by atoms with Crippen LogP contribution in [0.4, 0.5) is 0 Å². The van der Waals surface area contributed by atoms with E-state index in [0.29, 0.717) is 11.6 Å². The van der Waals surface area contributed by atoms with Crippen molar-refractivity contribution >= 4 is 11.6 Å². The highest BCUT2D eigenvalue weighted by Gasteiger charge is 2.03. The van der Waals surface area contributed by atoms with Crippen LogP contribution in [0.2, 0.25) is 5.02 Å². The minimum absolute atomic E-state index is 0.156. The average Bonchev–Trinajstić information content (AvgIpc) is 2.09. The van der Waals surface area contributed by atoms with Crippen molar-refractivity contribution in [1.29, 1.82) is 0 Å². The van der Waals surface area contributed by atoms with Crippen LogP contribution >= 0.6 is 11.6 Å². The van der Waals surface area contributed by atoms with Gasteiger partial charge in [-0.25, -0.2) is 0 Å². The highest BCUT2D eigenvalue weighted by Crippen LogP contribution is 2.25. The van der Waals surface area contributed by atoms with Crippen molar-refractivity contribution in [3.8, 4) is 5.75 Å². The number of rotatable bonds is 4. The van der Waals surface area contributed by atoms with Gasteiger partial charge in [-0.3, -0.25) is 0 Å². The number of nitrogens with two attached hydrogens (primary N) is 1. The molecule has 1 atom stereocenters. The molecule has 0 aliphatic heterocycles. The molecule has 0 amide bonds. The third-order valence-corrected chi connectivity index (χ3v) is 2.15. The summed E-state index contributed by atoms with van der Waals surface area (Å²) in [6.07, 6.45) is 0.839. The quantitative estimate of drug-likeness (QED) is 0.835. The summed E-state index contributed by atoms with van der Waals surface area (Å²) in [6, 6.07) is 5.96. The first-order valence-corrected chi connectivity index (χ1v) is 5.18. The van der Waals surface area contributed by atoms with Crippen LogP contribution in [0, 0.1) is 0 Å². The molecule has 0 radical (unpaired) electrons. The molecule has 0 spiro atoms. The Morgan fingerprint density at radius 2 is 2.21 bits per heavy atom. The molecule has 1 aromatic rings. The Labute approximate surface area is 90.0 Å². The van der Waals surface area contributed by atoms with Gasteiger partial charge in [0, 0.05) is 6.04 Å². The average molecular weight is 214 g/mol. The second-order valence-electron chi connectivity index (χ2n) is 3.38. The van der Waals surface area contributed by atoms with Gasteiger partial charge in [-0.15, -0.1) is 0 Å². The third kappa shape index (κ3) is 3.20. The Kier molecular flexibility index (Phi) is 4.23. The lowest BCUT2D eigenvalue weighted by molar-refractivity contribution is 0.340. The van der Waals surface area contributed by atoms with Crippen molar-refractivity contribution in [1.82, 2.24) is 0 Å². The molecule has 0 heterocycles. The topological polar surface area (TPSA) is 35.2 Å². The number of benzene rings is 1. The van der Waals surface area contributed by atoms with Crippen LogP contribution in [-0.2, 0) is 6.42 Å². The molecule has 14 heavy (non-hydrogen) atoms. The minimum Gasteiger partial charge on any atom is -0.492 e. The fourth-order valence-electron chi connectivity index (χ4n) is 1.32. The van der Waals surface area contributed by atoms with Gasteiger partial charge in [0.25, 0.3) is 0 Å². The zero-order chi connectivity index (χ0) is 10.6. The van der Waals surface area contributed by atoms with Crippen LogP contribution in [0.5, 0.6) is 5.75 Å². The van der Waals surface area contributed by atoms with E-state index < -0.39 is 0 Å². The number of hydrogen-bond acceptors (Lipinski definition) is 2. The molecule has 0 bridgehead atoms. The molecule has 78 valence electrons. The predicted octanol–water partition coefficient (Wildman–Crippen LogP) is 2.63. The lowest BCUT2D eigenvalue weighted by Gasteiger charge is -2.09. The van der Waals surface area contributed by atoms with Gasteiger partial charge in [-0.2, -0.15) is 0 Å². The van der Waals surface area contributed by atoms with E-state index in [0.717, 1.165) is 17.7 Å². The van der Waals surface area contributed by atoms with Crippen molar-refractivity contribution in [3.63, 3.8) is 0 Å². The van der Waals surface area contributed by atoms with Crippen molar-refractivity contribution in [2.75, 3.05) is 6.61 Å². The van der Waals surface area contributed by atoms with E-state index >= 15 is 0 Å². The normalized spacial score (nSPS) is 12.6. The smallest absolute Gasteiger partial charge is 0.137 e. The molecule has 0 aliphatic carbocycles. The zero-order valence-corrected chi connectivity index (χ0v) is 9.34. The largest absolute Gasteiger partial charge is 0.492 e. The monoisotopic (exact) mass is 213 g/mol. The Morgan fingerprint density at radius 3 is 2.71 bits per heavy atom. The van der Waals surface area contributed by atoms with E-state index in [-0.39, 0.29) is 6.04 Å². The van der Waals surface area contributed by atoms with Crippen molar-refractivity contribution in [2.24, 2.45) is 5.73 Å². The van der Waals surface area contributed by atoms with Crippen LogP contribution in [0.1, 0.15) is 19.4 Å². The van der Waals surface area contributed by atoms with E-state index in [9.17, 15) is 0 Å². The maximum Gasteiger partial charge on any atom is 0.137 e. The highest BCUT2D eigenvalue weighted by molar-refractivity contribution is 6.32. The molecular weight excluding hydrogens is 198 g/mol. The molecule has 2 nitrogen and oxygen atoms in total. The molecule has 0 aliphatic rings. The molecule has 2 N–H and O–H groups in total. The van der Waals surface area contributed by atoms with Gasteiger partial charge in [-0.1, -0.05) is 17.7 Å². The summed E-state index contributed by atoms with van der Waals surface area (Å²) in [5.74, 6) is 0.739. The van der Waals surface area contributed by atoms with Gasteiger partial charge in [0.2, 0.25) is 0 Å². The van der Waals surface area contributed by atoms with Crippen molar-refractivity contribution in [2.45, 2.75) is 26.3 Å². The summed E-state index contributed by atoms with van der Waals surface area (Å²) in [5, 5.41) is 0.657. The molecule has 1 unspecified atom stereocenters. The summed E-state index contributed by atoms with van der Waals surface area (Å²) in [7, 11) is 0. The summed E-state index contributed by atoms with van der Waals surface area (Å²) in [5.41, 5.74) is 6.84. The molecule has 0 aromatic heterocycles. The zero-order valence-electron chi connectivity index (χ0n) is 8.59. The Morgan fingerprint density at radius 1 is 1.50 bits per heavy atom. The number of halogens is 1. The molecule has 0 saturated carbocycles. The number of ether oxygens (including phenoxy) is 1. The lowest BCUT2D eigenvalue weighted by atomic mass is 10.1. The van der Waals surface area contributed by atoms with E-state index in [4.69, 9.17) is 22.1 Å². The Hall–Kier alpha value is -0.730. The second-order valence-corrected chi connectivity index (χ2v) is 3.79. The molecule has 0 saturated heterocycles. The van der Waals surface area contributed by atoms with Gasteiger partial charge in [0.1, 0.15) is 5.75 Å². The van der Waals surface area contributed by atoms with Crippen LogP contribution in [0.25, 0.3) is 0 Å². The van der Waals surface area contributed by atoms with Crippen LogP contribution < -0.4 is 10.5 Å². The molecule has 3 heteroatoms. The van der Waals surface area contributed by atoms with Crippen molar-refractivity contribution < 1.29 is 4.74 Å². The molecule has 0 fully saturated rings. The van der Waals surface area contributed by atoms with Gasteiger partial charge < -0.3 is 10.5 Å². The van der Waals surface area contributed by atoms with Crippen LogP contribution in [0.3, 0.4) is 0 Å². The fraction of sp³-hybridized carbons (Fsp3) is 0.455. The Balaban J connectivity index is 2.78. The number of hydrogen-bond donors (Lipinski definition) is 1. The maximum atomic E-state index is 6.03. The van der Waals surface area contributed by atoms with Gasteiger partial charge in [-0.05, 0) is 38.0 Å². The van der Waals surface area contributed by atoms with E-state index in [1.54, 1.807) is 0 Å². The first-order chi connectivity index (χ1) is 6.63. The molecule has 1 aromatic carbocycles.